The molecule has 78 valence electrons. The van der Waals surface area contributed by atoms with Crippen molar-refractivity contribution in [1.29, 1.82) is 0 Å². The fourth-order valence-corrected chi connectivity index (χ4v) is 3.22. The van der Waals surface area contributed by atoms with Crippen LogP contribution >= 0.6 is 11.3 Å². The molecule has 7 heteroatoms. The molecule has 0 saturated heterocycles. The molecule has 1 aromatic heterocycles. The number of thiophene rings is 1. The fraction of sp³-hybridized carbons (Fsp3) is 0.286. The number of nitrogens with one attached hydrogen (secondary N) is 1. The second-order valence-electron chi connectivity index (χ2n) is 2.54. The summed E-state index contributed by atoms with van der Waals surface area (Å²) in [5.41, 5.74) is 1.38. The number of amides is 1. The van der Waals surface area contributed by atoms with Crippen molar-refractivity contribution in [2.45, 2.75) is 10.6 Å². The molecule has 0 aliphatic heterocycles. The molecule has 0 fully saturated rings. The Morgan fingerprint density at radius 3 is 2.79 bits per heavy atom. The lowest BCUT2D eigenvalue weighted by molar-refractivity contribution is -0.128. The van der Waals surface area contributed by atoms with Gasteiger partial charge in [-0.05, 0) is 11.4 Å². The molecular weight excluding hydrogens is 226 g/mol. The standard InChI is InChI=1S/C7H9NO4S2/c9-6(8-10)3-5-14(11,12)7-2-1-4-13-7/h1-2,4,10H,3,5H2,(H,8,9). The maximum absolute atomic E-state index is 11.5. The van der Waals surface area contributed by atoms with Gasteiger partial charge >= 0.3 is 0 Å². The van der Waals surface area contributed by atoms with Gasteiger partial charge in [-0.25, -0.2) is 13.9 Å². The summed E-state index contributed by atoms with van der Waals surface area (Å²) in [5.74, 6) is -0.995. The minimum atomic E-state index is -3.38. The first-order chi connectivity index (χ1) is 6.56. The Morgan fingerprint density at radius 1 is 1.57 bits per heavy atom. The number of sulfone groups is 1. The Morgan fingerprint density at radius 2 is 2.29 bits per heavy atom. The zero-order valence-electron chi connectivity index (χ0n) is 7.13. The predicted octanol–water partition coefficient (Wildman–Crippen LogP) is 0.417. The summed E-state index contributed by atoms with van der Waals surface area (Å²) in [4.78, 5) is 10.6. The highest BCUT2D eigenvalue weighted by Gasteiger charge is 2.16. The molecule has 5 nitrogen and oxygen atoms in total. The third kappa shape index (κ3) is 2.79. The Kier molecular flexibility index (Phi) is 3.62. The summed E-state index contributed by atoms with van der Waals surface area (Å²) in [6.07, 6.45) is -0.239. The Labute approximate surface area is 85.3 Å². The molecule has 1 aromatic rings. The number of rotatable bonds is 4. The van der Waals surface area contributed by atoms with Crippen LogP contribution in [0.5, 0.6) is 0 Å². The Bertz CT molecular complexity index is 395. The molecule has 0 radical (unpaired) electrons. The van der Waals surface area contributed by atoms with Crippen LogP contribution < -0.4 is 5.48 Å². The van der Waals surface area contributed by atoms with E-state index in [4.69, 9.17) is 5.21 Å². The normalized spacial score (nSPS) is 11.2. The molecule has 0 aromatic carbocycles. The number of hydroxylamine groups is 1. The first kappa shape index (κ1) is 11.2. The highest BCUT2D eigenvalue weighted by molar-refractivity contribution is 7.93. The van der Waals surface area contributed by atoms with Gasteiger partial charge < -0.3 is 0 Å². The summed E-state index contributed by atoms with van der Waals surface area (Å²) in [7, 11) is -3.38. The minimum Gasteiger partial charge on any atom is -0.289 e. The summed E-state index contributed by atoms with van der Waals surface area (Å²) < 4.78 is 23.2. The van der Waals surface area contributed by atoms with E-state index in [1.165, 1.54) is 11.5 Å². The molecule has 0 saturated carbocycles. The zero-order valence-corrected chi connectivity index (χ0v) is 8.77. The van der Waals surface area contributed by atoms with Crippen molar-refractivity contribution in [3.05, 3.63) is 17.5 Å². The van der Waals surface area contributed by atoms with Crippen molar-refractivity contribution < 1.29 is 18.4 Å². The van der Waals surface area contributed by atoms with E-state index in [9.17, 15) is 13.2 Å². The monoisotopic (exact) mass is 235 g/mol. The van der Waals surface area contributed by atoms with Gasteiger partial charge in [-0.1, -0.05) is 6.07 Å². The van der Waals surface area contributed by atoms with E-state index in [1.54, 1.807) is 11.4 Å². The van der Waals surface area contributed by atoms with Crippen LogP contribution in [0.3, 0.4) is 0 Å². The SMILES string of the molecule is O=C(CCS(=O)(=O)c1cccs1)NO. The fourth-order valence-electron chi connectivity index (χ4n) is 0.824. The van der Waals surface area contributed by atoms with Crippen molar-refractivity contribution >= 4 is 27.1 Å². The Balaban J connectivity index is 2.65. The zero-order chi connectivity index (χ0) is 10.6. The van der Waals surface area contributed by atoms with Crippen LogP contribution in [0.1, 0.15) is 6.42 Å². The highest BCUT2D eigenvalue weighted by Crippen LogP contribution is 2.17. The topological polar surface area (TPSA) is 83.5 Å². The van der Waals surface area contributed by atoms with Crippen LogP contribution in [0, 0.1) is 0 Å². The molecule has 14 heavy (non-hydrogen) atoms. The van der Waals surface area contributed by atoms with Gasteiger partial charge in [0.05, 0.1) is 5.75 Å². The van der Waals surface area contributed by atoms with E-state index in [0.717, 1.165) is 11.3 Å². The molecule has 0 atom stereocenters. The van der Waals surface area contributed by atoms with Gasteiger partial charge in [-0.2, -0.15) is 0 Å². The van der Waals surface area contributed by atoms with Gasteiger partial charge in [-0.3, -0.25) is 10.0 Å². The lowest BCUT2D eigenvalue weighted by atomic mass is 10.5. The number of carbonyl (C=O) groups is 1. The molecule has 0 spiro atoms. The van der Waals surface area contributed by atoms with Gasteiger partial charge in [0.1, 0.15) is 4.21 Å². The molecule has 0 aliphatic carbocycles. The smallest absolute Gasteiger partial charge is 0.244 e. The molecule has 1 rings (SSSR count). The average Bonchev–Trinajstić information content (AvgIpc) is 2.67. The second kappa shape index (κ2) is 4.54. The summed E-state index contributed by atoms with van der Waals surface area (Å²) in [6, 6.07) is 3.11. The first-order valence-electron chi connectivity index (χ1n) is 3.75. The third-order valence-electron chi connectivity index (χ3n) is 1.52. The maximum atomic E-state index is 11.5. The van der Waals surface area contributed by atoms with Crippen LogP contribution in [0.4, 0.5) is 0 Å². The molecule has 0 aliphatic rings. The molecule has 1 heterocycles. The van der Waals surface area contributed by atoms with Gasteiger partial charge in [0.25, 0.3) is 0 Å². The van der Waals surface area contributed by atoms with Crippen molar-refractivity contribution in [3.63, 3.8) is 0 Å². The number of hydrogen-bond donors (Lipinski definition) is 2. The van der Waals surface area contributed by atoms with Crippen LogP contribution in [-0.2, 0) is 14.6 Å². The lowest BCUT2D eigenvalue weighted by Crippen LogP contribution is -2.21. The van der Waals surface area contributed by atoms with Crippen LogP contribution in [0.15, 0.2) is 21.7 Å². The number of carbonyl (C=O) groups excluding carboxylic acids is 1. The minimum absolute atomic E-state index is 0.239. The van der Waals surface area contributed by atoms with Gasteiger partial charge in [0.2, 0.25) is 5.91 Å². The molecule has 0 unspecified atom stereocenters. The van der Waals surface area contributed by atoms with Crippen molar-refractivity contribution in [3.8, 4) is 0 Å². The van der Waals surface area contributed by atoms with E-state index in [-0.39, 0.29) is 16.4 Å². The largest absolute Gasteiger partial charge is 0.289 e. The van der Waals surface area contributed by atoms with Gasteiger partial charge in [0, 0.05) is 6.42 Å². The van der Waals surface area contributed by atoms with Crippen molar-refractivity contribution in [1.82, 2.24) is 5.48 Å². The van der Waals surface area contributed by atoms with Crippen molar-refractivity contribution in [2.75, 3.05) is 5.75 Å². The molecular formula is C7H9NO4S2. The summed E-state index contributed by atoms with van der Waals surface area (Å²) in [6.45, 7) is 0. The van der Waals surface area contributed by atoms with Gasteiger partial charge in [-0.15, -0.1) is 11.3 Å². The van der Waals surface area contributed by atoms with Crippen molar-refractivity contribution in [2.24, 2.45) is 0 Å². The van der Waals surface area contributed by atoms with E-state index in [1.807, 2.05) is 0 Å². The highest BCUT2D eigenvalue weighted by atomic mass is 32.2. The van der Waals surface area contributed by atoms with Gasteiger partial charge in [0.15, 0.2) is 9.84 Å². The van der Waals surface area contributed by atoms with Crippen LogP contribution in [0.2, 0.25) is 0 Å². The quantitative estimate of drug-likeness (QED) is 0.585. The van der Waals surface area contributed by atoms with E-state index < -0.39 is 15.7 Å². The maximum Gasteiger partial charge on any atom is 0.244 e. The van der Waals surface area contributed by atoms with Crippen LogP contribution in [0.25, 0.3) is 0 Å². The Hall–Kier alpha value is -0.920. The molecule has 2 N–H and O–H groups in total. The van der Waals surface area contributed by atoms with Crippen LogP contribution in [-0.4, -0.2) is 25.3 Å². The predicted molar refractivity (Wildman–Crippen MR) is 50.9 cm³/mol. The third-order valence-corrected chi connectivity index (χ3v) is 4.73. The average molecular weight is 235 g/mol. The first-order valence-corrected chi connectivity index (χ1v) is 6.28. The second-order valence-corrected chi connectivity index (χ2v) is 5.82. The van der Waals surface area contributed by atoms with E-state index >= 15 is 0 Å². The van der Waals surface area contributed by atoms with E-state index in [2.05, 4.69) is 0 Å². The van der Waals surface area contributed by atoms with E-state index in [0.29, 0.717) is 0 Å². The summed E-state index contributed by atoms with van der Waals surface area (Å²) >= 11 is 1.11. The lowest BCUT2D eigenvalue weighted by Gasteiger charge is -1.99. The molecule has 1 amide bonds. The molecule has 0 bridgehead atoms. The number of hydrogen-bond acceptors (Lipinski definition) is 5. The summed E-state index contributed by atoms with van der Waals surface area (Å²) in [5, 5.41) is 9.82.